The molecular formula is C19H17N2OS. The average Bonchev–Trinajstić information content (AvgIpc) is 3.06. The van der Waals surface area contributed by atoms with E-state index >= 15 is 0 Å². The molecule has 1 atom stereocenters. The summed E-state index contributed by atoms with van der Waals surface area (Å²) in [5.74, 6) is -0.333. The molecule has 1 unspecified atom stereocenters. The van der Waals surface area contributed by atoms with E-state index in [1.807, 2.05) is 66.0 Å². The number of carbonyl (C=O) groups excluding carboxylic acids is 1. The van der Waals surface area contributed by atoms with Crippen LogP contribution in [0.4, 0.5) is 5.13 Å². The second-order valence-corrected chi connectivity index (χ2v) is 6.00. The number of rotatable bonds is 5. The molecule has 0 spiro atoms. The normalized spacial score (nSPS) is 11.9. The van der Waals surface area contributed by atoms with Crippen LogP contribution in [-0.2, 0) is 4.79 Å². The van der Waals surface area contributed by atoms with Crippen molar-refractivity contribution in [1.82, 2.24) is 4.98 Å². The molecule has 0 aliphatic carbocycles. The molecule has 1 heterocycles. The lowest BCUT2D eigenvalue weighted by Crippen LogP contribution is -2.20. The van der Waals surface area contributed by atoms with Crippen molar-refractivity contribution in [2.24, 2.45) is 0 Å². The molecule has 23 heavy (non-hydrogen) atoms. The monoisotopic (exact) mass is 321 g/mol. The summed E-state index contributed by atoms with van der Waals surface area (Å²) in [7, 11) is 0. The van der Waals surface area contributed by atoms with Crippen LogP contribution >= 0.6 is 11.3 Å². The molecule has 0 aliphatic heterocycles. The van der Waals surface area contributed by atoms with Gasteiger partial charge in [-0.2, -0.15) is 0 Å². The molecule has 1 aromatic heterocycles. The van der Waals surface area contributed by atoms with E-state index in [9.17, 15) is 4.79 Å². The first kappa shape index (κ1) is 15.4. The number of nitrogens with zero attached hydrogens (tertiary/aromatic N) is 1. The predicted molar refractivity (Wildman–Crippen MR) is 95.3 cm³/mol. The van der Waals surface area contributed by atoms with Crippen LogP contribution in [0.5, 0.6) is 0 Å². The van der Waals surface area contributed by atoms with Crippen LogP contribution < -0.4 is 5.32 Å². The van der Waals surface area contributed by atoms with Crippen molar-refractivity contribution in [1.29, 1.82) is 0 Å². The fraction of sp³-hybridized carbons (Fsp3) is 0.105. The van der Waals surface area contributed by atoms with Gasteiger partial charge in [-0.15, -0.1) is 11.3 Å². The first-order valence-corrected chi connectivity index (χ1v) is 8.32. The lowest BCUT2D eigenvalue weighted by atomic mass is 9.96. The molecule has 3 rings (SSSR count). The third-order valence-corrected chi connectivity index (χ3v) is 4.37. The highest BCUT2D eigenvalue weighted by molar-refractivity contribution is 7.14. The van der Waals surface area contributed by atoms with Gasteiger partial charge >= 0.3 is 0 Å². The Bertz CT molecular complexity index is 768. The first-order valence-electron chi connectivity index (χ1n) is 7.44. The van der Waals surface area contributed by atoms with E-state index < -0.39 is 0 Å². The third-order valence-electron chi connectivity index (χ3n) is 3.61. The van der Waals surface area contributed by atoms with Gasteiger partial charge in [0.2, 0.25) is 5.91 Å². The molecule has 0 saturated heterocycles. The van der Waals surface area contributed by atoms with Gasteiger partial charge < -0.3 is 5.32 Å². The number of nitrogens with one attached hydrogen (secondary N) is 1. The predicted octanol–water partition coefficient (Wildman–Crippen LogP) is 4.76. The summed E-state index contributed by atoms with van der Waals surface area (Å²) in [5, 5.41) is 5.48. The van der Waals surface area contributed by atoms with Gasteiger partial charge in [-0.1, -0.05) is 67.6 Å². The van der Waals surface area contributed by atoms with Gasteiger partial charge in [-0.05, 0) is 12.0 Å². The van der Waals surface area contributed by atoms with E-state index in [2.05, 4.69) is 17.2 Å². The van der Waals surface area contributed by atoms with Gasteiger partial charge in [0, 0.05) is 10.9 Å². The van der Waals surface area contributed by atoms with Crippen LogP contribution in [0.3, 0.4) is 0 Å². The molecule has 0 bridgehead atoms. The Kier molecular flexibility index (Phi) is 4.83. The van der Waals surface area contributed by atoms with Crippen molar-refractivity contribution in [3.63, 3.8) is 0 Å². The molecule has 1 radical (unpaired) electrons. The number of thiazole rings is 1. The van der Waals surface area contributed by atoms with Crippen LogP contribution in [-0.4, -0.2) is 10.9 Å². The zero-order chi connectivity index (χ0) is 16.1. The van der Waals surface area contributed by atoms with E-state index in [0.717, 1.165) is 16.8 Å². The number of anilines is 1. The molecule has 1 N–H and O–H groups in total. The SMILES string of the molecule is [CH2]CC(C(=O)Nc1nc(-c2ccccc2)cs1)c1ccccc1. The third kappa shape index (κ3) is 3.66. The molecule has 0 fully saturated rings. The van der Waals surface area contributed by atoms with Crippen LogP contribution in [0, 0.1) is 6.92 Å². The summed E-state index contributed by atoms with van der Waals surface area (Å²) >= 11 is 1.43. The fourth-order valence-electron chi connectivity index (χ4n) is 2.40. The molecule has 0 aliphatic rings. The lowest BCUT2D eigenvalue weighted by molar-refractivity contribution is -0.117. The number of benzene rings is 2. The Morgan fingerprint density at radius 3 is 2.39 bits per heavy atom. The number of amides is 1. The molecule has 115 valence electrons. The van der Waals surface area contributed by atoms with E-state index in [0.29, 0.717) is 11.6 Å². The maximum absolute atomic E-state index is 12.5. The summed E-state index contributed by atoms with van der Waals surface area (Å²) in [5.41, 5.74) is 2.89. The number of aromatic nitrogens is 1. The van der Waals surface area contributed by atoms with Gasteiger partial charge in [-0.25, -0.2) is 4.98 Å². The Labute approximate surface area is 140 Å². The Hall–Kier alpha value is -2.46. The minimum atomic E-state index is -0.264. The summed E-state index contributed by atoms with van der Waals surface area (Å²) in [6, 6.07) is 19.6. The second-order valence-electron chi connectivity index (χ2n) is 5.15. The number of hydrogen-bond acceptors (Lipinski definition) is 3. The number of hydrogen-bond donors (Lipinski definition) is 1. The molecule has 0 saturated carbocycles. The van der Waals surface area contributed by atoms with Crippen LogP contribution in [0.25, 0.3) is 11.3 Å². The van der Waals surface area contributed by atoms with Crippen molar-refractivity contribution in [2.45, 2.75) is 12.3 Å². The van der Waals surface area contributed by atoms with E-state index in [-0.39, 0.29) is 11.8 Å². The highest BCUT2D eigenvalue weighted by atomic mass is 32.1. The largest absolute Gasteiger partial charge is 0.301 e. The van der Waals surface area contributed by atoms with Crippen LogP contribution in [0.1, 0.15) is 17.9 Å². The van der Waals surface area contributed by atoms with Gasteiger partial charge in [0.25, 0.3) is 0 Å². The Morgan fingerprint density at radius 2 is 1.74 bits per heavy atom. The summed E-state index contributed by atoms with van der Waals surface area (Å²) in [6.45, 7) is 3.90. The van der Waals surface area contributed by atoms with Gasteiger partial charge in [0.05, 0.1) is 11.6 Å². The van der Waals surface area contributed by atoms with Crippen molar-refractivity contribution in [3.8, 4) is 11.3 Å². The standard InChI is InChI=1S/C19H17N2OS/c1-2-16(14-9-5-3-6-10-14)18(22)21-19-20-17(13-23-19)15-11-7-4-8-12-15/h3-13,16H,1-2H2,(H,20,21,22). The van der Waals surface area contributed by atoms with Crippen molar-refractivity contribution in [3.05, 3.63) is 78.5 Å². The average molecular weight is 321 g/mol. The summed E-state index contributed by atoms with van der Waals surface area (Å²) < 4.78 is 0. The molecular weight excluding hydrogens is 304 g/mol. The molecule has 1 amide bonds. The molecule has 4 heteroatoms. The van der Waals surface area contributed by atoms with Crippen LogP contribution in [0.2, 0.25) is 0 Å². The van der Waals surface area contributed by atoms with Gasteiger partial charge in [-0.3, -0.25) is 4.79 Å². The van der Waals surface area contributed by atoms with Crippen molar-refractivity contribution in [2.75, 3.05) is 5.32 Å². The fourth-order valence-corrected chi connectivity index (χ4v) is 3.12. The van der Waals surface area contributed by atoms with E-state index in [4.69, 9.17) is 0 Å². The zero-order valence-corrected chi connectivity index (χ0v) is 13.4. The Morgan fingerprint density at radius 1 is 1.09 bits per heavy atom. The Balaban J connectivity index is 1.74. The smallest absolute Gasteiger partial charge is 0.233 e. The summed E-state index contributed by atoms with van der Waals surface area (Å²) in [6.07, 6.45) is 0.507. The topological polar surface area (TPSA) is 42.0 Å². The van der Waals surface area contributed by atoms with Gasteiger partial charge in [0.1, 0.15) is 0 Å². The van der Waals surface area contributed by atoms with E-state index in [1.165, 1.54) is 11.3 Å². The lowest BCUT2D eigenvalue weighted by Gasteiger charge is -2.13. The van der Waals surface area contributed by atoms with Gasteiger partial charge in [0.15, 0.2) is 5.13 Å². The maximum Gasteiger partial charge on any atom is 0.233 e. The molecule has 3 nitrogen and oxygen atoms in total. The van der Waals surface area contributed by atoms with E-state index in [1.54, 1.807) is 0 Å². The quantitative estimate of drug-likeness (QED) is 0.736. The maximum atomic E-state index is 12.5. The molecule has 2 aromatic carbocycles. The molecule has 3 aromatic rings. The van der Waals surface area contributed by atoms with Crippen molar-refractivity contribution < 1.29 is 4.79 Å². The van der Waals surface area contributed by atoms with Crippen molar-refractivity contribution >= 4 is 22.4 Å². The summed E-state index contributed by atoms with van der Waals surface area (Å²) in [4.78, 5) is 17.0. The highest BCUT2D eigenvalue weighted by Gasteiger charge is 2.19. The minimum absolute atomic E-state index is 0.0693. The van der Waals surface area contributed by atoms with Crippen LogP contribution in [0.15, 0.2) is 66.0 Å². The number of carbonyl (C=O) groups is 1. The second kappa shape index (κ2) is 7.20. The minimum Gasteiger partial charge on any atom is -0.301 e. The zero-order valence-electron chi connectivity index (χ0n) is 12.6. The highest BCUT2D eigenvalue weighted by Crippen LogP contribution is 2.26. The first-order chi connectivity index (χ1) is 11.3.